The van der Waals surface area contributed by atoms with Gasteiger partial charge in [-0.15, -0.1) is 0 Å². The lowest BCUT2D eigenvalue weighted by molar-refractivity contribution is -0.0189. The maximum atomic E-state index is 10.7. The highest BCUT2D eigenvalue weighted by Crippen LogP contribution is 2.30. The smallest absolute Gasteiger partial charge is 0.425 e. The van der Waals surface area contributed by atoms with Crippen molar-refractivity contribution in [1.82, 2.24) is 0 Å². The molecule has 0 aliphatic carbocycles. The third-order valence-corrected chi connectivity index (χ3v) is 2.19. The monoisotopic (exact) mass is 172 g/mol. The highest BCUT2D eigenvalue weighted by atomic mass is 16.8. The van der Waals surface area contributed by atoms with Gasteiger partial charge in [-0.1, -0.05) is 0 Å². The quantitative estimate of drug-likeness (QED) is 0.375. The molecule has 0 aromatic rings. The fraction of sp³-hybridized carbons (Fsp3) is 0.833. The summed E-state index contributed by atoms with van der Waals surface area (Å²) in [6, 6.07) is -0.196. The van der Waals surface area contributed by atoms with Crippen molar-refractivity contribution in [2.75, 3.05) is 6.61 Å². The molecule has 2 rings (SSSR count). The van der Waals surface area contributed by atoms with Crippen LogP contribution in [0.15, 0.2) is 0 Å². The van der Waals surface area contributed by atoms with Crippen LogP contribution < -0.4 is 0 Å². The van der Waals surface area contributed by atoms with Crippen molar-refractivity contribution < 1.29 is 24.1 Å². The number of hydrogen-bond acceptors (Lipinski definition) is 5. The van der Waals surface area contributed by atoms with Crippen molar-refractivity contribution in [2.24, 2.45) is 0 Å². The standard InChI is InChI=1S/C6H9BO5/c7-5-4-3(2(1-8)10-5)11-6(9)12-4/h2-5,8H,1,7H2/t2-,3?,4+,5-/m1/s1. The zero-order valence-corrected chi connectivity index (χ0v) is 6.60. The number of aliphatic hydroxyl groups is 1. The summed E-state index contributed by atoms with van der Waals surface area (Å²) in [7, 11) is 1.79. The molecular weight excluding hydrogens is 163 g/mol. The number of aliphatic hydroxyl groups excluding tert-OH is 1. The maximum Gasteiger partial charge on any atom is 0.509 e. The second-order valence-corrected chi connectivity index (χ2v) is 2.98. The molecule has 0 aromatic carbocycles. The van der Waals surface area contributed by atoms with Gasteiger partial charge in [0.2, 0.25) is 0 Å². The summed E-state index contributed by atoms with van der Waals surface area (Å²) >= 11 is 0. The summed E-state index contributed by atoms with van der Waals surface area (Å²) in [5.41, 5.74) is 0. The van der Waals surface area contributed by atoms with Crippen molar-refractivity contribution in [1.29, 1.82) is 0 Å². The molecular formula is C6H9BO5. The molecule has 6 heteroatoms. The van der Waals surface area contributed by atoms with Gasteiger partial charge in [-0.2, -0.15) is 0 Å². The van der Waals surface area contributed by atoms with Crippen molar-refractivity contribution in [3.05, 3.63) is 0 Å². The molecule has 1 N–H and O–H groups in total. The molecule has 2 heterocycles. The molecule has 2 aliphatic heterocycles. The number of ether oxygens (including phenoxy) is 3. The van der Waals surface area contributed by atoms with Crippen LogP contribution in [0.3, 0.4) is 0 Å². The van der Waals surface area contributed by atoms with Crippen molar-refractivity contribution >= 4 is 14.0 Å². The Morgan fingerprint density at radius 3 is 2.75 bits per heavy atom. The molecule has 2 saturated heterocycles. The zero-order valence-electron chi connectivity index (χ0n) is 6.60. The normalized spacial score (nSPS) is 45.2. The van der Waals surface area contributed by atoms with E-state index in [4.69, 9.17) is 19.3 Å². The van der Waals surface area contributed by atoms with E-state index in [1.54, 1.807) is 7.85 Å². The maximum absolute atomic E-state index is 10.7. The third kappa shape index (κ3) is 0.989. The van der Waals surface area contributed by atoms with Crippen LogP contribution in [-0.4, -0.2) is 50.0 Å². The minimum Gasteiger partial charge on any atom is -0.425 e. The van der Waals surface area contributed by atoms with E-state index in [2.05, 4.69) is 0 Å². The first kappa shape index (κ1) is 7.88. The molecule has 2 fully saturated rings. The molecule has 0 radical (unpaired) electrons. The molecule has 0 bridgehead atoms. The van der Waals surface area contributed by atoms with E-state index in [0.717, 1.165) is 0 Å². The van der Waals surface area contributed by atoms with E-state index >= 15 is 0 Å². The Balaban J connectivity index is 2.13. The second-order valence-electron chi connectivity index (χ2n) is 2.98. The highest BCUT2D eigenvalue weighted by molar-refractivity contribution is 6.11. The summed E-state index contributed by atoms with van der Waals surface area (Å²) in [4.78, 5) is 10.7. The number of fused-ring (bicyclic) bond motifs is 1. The number of hydrogen-bond donors (Lipinski definition) is 1. The fourth-order valence-corrected chi connectivity index (χ4v) is 1.61. The lowest BCUT2D eigenvalue weighted by Gasteiger charge is -2.10. The topological polar surface area (TPSA) is 65.0 Å². The van der Waals surface area contributed by atoms with Gasteiger partial charge in [0.15, 0.2) is 12.2 Å². The lowest BCUT2D eigenvalue weighted by atomic mass is 9.93. The molecule has 12 heavy (non-hydrogen) atoms. The van der Waals surface area contributed by atoms with Gasteiger partial charge >= 0.3 is 6.16 Å². The van der Waals surface area contributed by atoms with E-state index in [0.29, 0.717) is 0 Å². The highest BCUT2D eigenvalue weighted by Gasteiger charge is 2.51. The predicted octanol–water partition coefficient (Wildman–Crippen LogP) is -1.76. The van der Waals surface area contributed by atoms with Crippen LogP contribution in [0.1, 0.15) is 0 Å². The van der Waals surface area contributed by atoms with Gasteiger partial charge in [-0.05, 0) is 0 Å². The van der Waals surface area contributed by atoms with Crippen LogP contribution in [-0.2, 0) is 14.2 Å². The van der Waals surface area contributed by atoms with E-state index in [1.165, 1.54) is 0 Å². The van der Waals surface area contributed by atoms with Crippen molar-refractivity contribution in [3.8, 4) is 0 Å². The van der Waals surface area contributed by atoms with Gasteiger partial charge in [0.25, 0.3) is 0 Å². The van der Waals surface area contributed by atoms with Gasteiger partial charge in [-0.3, -0.25) is 0 Å². The van der Waals surface area contributed by atoms with Gasteiger partial charge in [-0.25, -0.2) is 4.79 Å². The van der Waals surface area contributed by atoms with Crippen LogP contribution in [0.5, 0.6) is 0 Å². The first-order chi connectivity index (χ1) is 5.72. The van der Waals surface area contributed by atoms with E-state index in [-0.39, 0.29) is 18.7 Å². The zero-order chi connectivity index (χ0) is 8.72. The van der Waals surface area contributed by atoms with Crippen LogP contribution in [0.4, 0.5) is 4.79 Å². The number of carbonyl (C=O) groups is 1. The minimum atomic E-state index is -0.668. The number of carbonyl (C=O) groups excluding carboxylic acids is 1. The molecule has 5 nitrogen and oxygen atoms in total. The Morgan fingerprint density at radius 1 is 1.42 bits per heavy atom. The van der Waals surface area contributed by atoms with Crippen molar-refractivity contribution in [3.63, 3.8) is 0 Å². The van der Waals surface area contributed by atoms with Crippen LogP contribution >= 0.6 is 0 Å². The van der Waals surface area contributed by atoms with E-state index < -0.39 is 18.4 Å². The largest absolute Gasteiger partial charge is 0.509 e. The number of rotatable bonds is 1. The molecule has 0 saturated carbocycles. The average molecular weight is 172 g/mol. The Kier molecular flexibility index (Phi) is 1.73. The molecule has 0 amide bonds. The average Bonchev–Trinajstić information content (AvgIpc) is 2.52. The summed E-state index contributed by atoms with van der Waals surface area (Å²) < 4.78 is 14.9. The molecule has 4 atom stereocenters. The first-order valence-corrected chi connectivity index (χ1v) is 3.86. The Morgan fingerprint density at radius 2 is 2.08 bits per heavy atom. The summed E-state index contributed by atoms with van der Waals surface area (Å²) in [6.07, 6.45) is -1.89. The molecule has 66 valence electrons. The van der Waals surface area contributed by atoms with Gasteiger partial charge < -0.3 is 19.3 Å². The Labute approximate surface area is 70.0 Å². The lowest BCUT2D eigenvalue weighted by Crippen LogP contribution is -2.31. The summed E-state index contributed by atoms with van der Waals surface area (Å²) in [5, 5.41) is 8.85. The Hall–Kier alpha value is -0.745. The van der Waals surface area contributed by atoms with E-state index in [1.807, 2.05) is 0 Å². The molecule has 2 aliphatic rings. The second kappa shape index (κ2) is 2.64. The van der Waals surface area contributed by atoms with Crippen LogP contribution in [0, 0.1) is 0 Å². The minimum absolute atomic E-state index is 0.151. The van der Waals surface area contributed by atoms with E-state index in [9.17, 15) is 4.79 Å². The predicted molar refractivity (Wildman–Crippen MR) is 39.4 cm³/mol. The van der Waals surface area contributed by atoms with Crippen LogP contribution in [0.2, 0.25) is 0 Å². The van der Waals surface area contributed by atoms with Crippen LogP contribution in [0.25, 0.3) is 0 Å². The molecule has 0 aromatic heterocycles. The first-order valence-electron chi connectivity index (χ1n) is 3.86. The fourth-order valence-electron chi connectivity index (χ4n) is 1.61. The Bertz CT molecular complexity index is 208. The summed E-state index contributed by atoms with van der Waals surface area (Å²) in [6.45, 7) is -0.151. The summed E-state index contributed by atoms with van der Waals surface area (Å²) in [5.74, 6) is 0. The SMILES string of the molecule is B[C@@H]1O[C@H](CO)C2OC(=O)O[C@@H]21. The van der Waals surface area contributed by atoms with Gasteiger partial charge in [0.05, 0.1) is 12.6 Å². The molecule has 0 spiro atoms. The molecule has 1 unspecified atom stereocenters. The van der Waals surface area contributed by atoms with Crippen molar-refractivity contribution in [2.45, 2.75) is 24.3 Å². The third-order valence-electron chi connectivity index (χ3n) is 2.19. The van der Waals surface area contributed by atoms with Gasteiger partial charge in [0.1, 0.15) is 14.0 Å². The van der Waals surface area contributed by atoms with Gasteiger partial charge in [0, 0.05) is 0 Å².